The molecule has 29 heavy (non-hydrogen) atoms. The highest BCUT2D eigenvalue weighted by Crippen LogP contribution is 2.22. The van der Waals surface area contributed by atoms with Gasteiger partial charge in [-0.3, -0.25) is 4.79 Å². The summed E-state index contributed by atoms with van der Waals surface area (Å²) in [6.45, 7) is 4.39. The summed E-state index contributed by atoms with van der Waals surface area (Å²) in [5, 5.41) is 0.639. The standard InChI is InChI=1S/C22H25ClN2O3S/c1-16(2)25(15-18-4-3-5-19(23)14-18)22(26)13-8-17-6-11-21(12-7-17)29(27,28)24-20-9-10-20/h3-8,11-14,16,20,24H,9-10,15H2,1-2H3/b13-8+. The number of sulfonamides is 1. The molecule has 0 spiro atoms. The highest BCUT2D eigenvalue weighted by Gasteiger charge is 2.27. The maximum atomic E-state index is 12.7. The van der Waals surface area contributed by atoms with E-state index in [-0.39, 0.29) is 22.9 Å². The van der Waals surface area contributed by atoms with Gasteiger partial charge in [-0.05, 0) is 68.2 Å². The maximum absolute atomic E-state index is 12.7. The zero-order valence-corrected chi connectivity index (χ0v) is 18.1. The predicted molar refractivity (Wildman–Crippen MR) is 116 cm³/mol. The number of nitrogens with one attached hydrogen (secondary N) is 1. The molecule has 154 valence electrons. The molecule has 5 nitrogen and oxygen atoms in total. The number of halogens is 1. The Balaban J connectivity index is 1.67. The molecule has 0 bridgehead atoms. The number of rotatable bonds is 8. The van der Waals surface area contributed by atoms with Crippen molar-refractivity contribution in [2.24, 2.45) is 0 Å². The molecule has 0 heterocycles. The largest absolute Gasteiger partial charge is 0.332 e. The summed E-state index contributed by atoms with van der Waals surface area (Å²) >= 11 is 6.04. The van der Waals surface area contributed by atoms with Gasteiger partial charge in [-0.25, -0.2) is 13.1 Å². The Kier molecular flexibility index (Phi) is 6.77. The van der Waals surface area contributed by atoms with Crippen LogP contribution in [-0.4, -0.2) is 31.3 Å². The lowest BCUT2D eigenvalue weighted by Crippen LogP contribution is -2.35. The molecule has 1 saturated carbocycles. The smallest absolute Gasteiger partial charge is 0.247 e. The molecule has 0 saturated heterocycles. The summed E-state index contributed by atoms with van der Waals surface area (Å²) in [6, 6.07) is 14.0. The number of amides is 1. The van der Waals surface area contributed by atoms with Gasteiger partial charge in [-0.2, -0.15) is 0 Å². The monoisotopic (exact) mass is 432 g/mol. The van der Waals surface area contributed by atoms with E-state index in [9.17, 15) is 13.2 Å². The SMILES string of the molecule is CC(C)N(Cc1cccc(Cl)c1)C(=O)/C=C/c1ccc(S(=O)(=O)NC2CC2)cc1. The molecule has 1 amide bonds. The van der Waals surface area contributed by atoms with Crippen LogP contribution in [0.3, 0.4) is 0 Å². The van der Waals surface area contributed by atoms with Crippen LogP contribution >= 0.6 is 11.6 Å². The van der Waals surface area contributed by atoms with Crippen LogP contribution in [0.25, 0.3) is 6.08 Å². The average molecular weight is 433 g/mol. The summed E-state index contributed by atoms with van der Waals surface area (Å²) in [7, 11) is -3.47. The number of carbonyl (C=O) groups is 1. The number of carbonyl (C=O) groups excluding carboxylic acids is 1. The molecule has 0 aliphatic heterocycles. The van der Waals surface area contributed by atoms with Gasteiger partial charge in [0.15, 0.2) is 0 Å². The first-order chi connectivity index (χ1) is 13.7. The van der Waals surface area contributed by atoms with Gasteiger partial charge in [0.25, 0.3) is 0 Å². The van der Waals surface area contributed by atoms with E-state index in [0.717, 1.165) is 24.0 Å². The molecule has 1 N–H and O–H groups in total. The zero-order valence-electron chi connectivity index (χ0n) is 16.5. The van der Waals surface area contributed by atoms with E-state index >= 15 is 0 Å². The van der Waals surface area contributed by atoms with Crippen LogP contribution in [0.4, 0.5) is 0 Å². The van der Waals surface area contributed by atoms with E-state index in [4.69, 9.17) is 11.6 Å². The quantitative estimate of drug-likeness (QED) is 0.634. The topological polar surface area (TPSA) is 66.5 Å². The van der Waals surface area contributed by atoms with Crippen LogP contribution in [0.2, 0.25) is 5.02 Å². The molecule has 1 aliphatic carbocycles. The summed E-state index contributed by atoms with van der Waals surface area (Å²) in [5.74, 6) is -0.118. The summed E-state index contributed by atoms with van der Waals surface area (Å²) in [4.78, 5) is 14.7. The van der Waals surface area contributed by atoms with Crippen molar-refractivity contribution in [1.29, 1.82) is 0 Å². The van der Waals surface area contributed by atoms with Crippen LogP contribution < -0.4 is 4.72 Å². The summed E-state index contributed by atoms with van der Waals surface area (Å²) in [5.41, 5.74) is 1.72. The Bertz CT molecular complexity index is 997. The highest BCUT2D eigenvalue weighted by atomic mass is 35.5. The van der Waals surface area contributed by atoms with E-state index in [0.29, 0.717) is 11.6 Å². The van der Waals surface area contributed by atoms with Crippen molar-refractivity contribution < 1.29 is 13.2 Å². The second kappa shape index (κ2) is 9.11. The third kappa shape index (κ3) is 6.16. The van der Waals surface area contributed by atoms with Crippen molar-refractivity contribution in [2.75, 3.05) is 0 Å². The van der Waals surface area contributed by atoms with Gasteiger partial charge in [0.1, 0.15) is 0 Å². The van der Waals surface area contributed by atoms with E-state index < -0.39 is 10.0 Å². The minimum absolute atomic E-state index is 0.0205. The Labute approximate surface area is 177 Å². The minimum Gasteiger partial charge on any atom is -0.332 e. The van der Waals surface area contributed by atoms with Gasteiger partial charge in [0.2, 0.25) is 15.9 Å². The molecule has 0 aromatic heterocycles. The lowest BCUT2D eigenvalue weighted by atomic mass is 10.1. The van der Waals surface area contributed by atoms with E-state index in [1.807, 2.05) is 32.0 Å². The van der Waals surface area contributed by atoms with Crippen molar-refractivity contribution in [1.82, 2.24) is 9.62 Å². The van der Waals surface area contributed by atoms with Crippen LogP contribution in [0.1, 0.15) is 37.8 Å². The average Bonchev–Trinajstić information content (AvgIpc) is 3.47. The lowest BCUT2D eigenvalue weighted by molar-refractivity contribution is -0.128. The molecule has 2 aromatic carbocycles. The third-order valence-corrected chi connectivity index (χ3v) is 6.43. The number of hydrogen-bond acceptors (Lipinski definition) is 3. The van der Waals surface area contributed by atoms with Gasteiger partial charge in [0.05, 0.1) is 4.90 Å². The van der Waals surface area contributed by atoms with Gasteiger partial charge >= 0.3 is 0 Å². The molecule has 1 fully saturated rings. The van der Waals surface area contributed by atoms with Gasteiger partial charge in [-0.15, -0.1) is 0 Å². The van der Waals surface area contributed by atoms with E-state index in [1.54, 1.807) is 41.3 Å². The fraction of sp³-hybridized carbons (Fsp3) is 0.318. The summed E-state index contributed by atoms with van der Waals surface area (Å²) in [6.07, 6.45) is 4.99. The normalized spacial score (nSPS) is 14.5. The van der Waals surface area contributed by atoms with Crippen LogP contribution in [0.5, 0.6) is 0 Å². The van der Waals surface area contributed by atoms with Crippen LogP contribution in [0.15, 0.2) is 59.5 Å². The maximum Gasteiger partial charge on any atom is 0.247 e. The Morgan fingerprint density at radius 3 is 2.48 bits per heavy atom. The Morgan fingerprint density at radius 2 is 1.90 bits per heavy atom. The fourth-order valence-electron chi connectivity index (χ4n) is 2.86. The molecular formula is C22H25ClN2O3S. The van der Waals surface area contributed by atoms with Crippen LogP contribution in [-0.2, 0) is 21.4 Å². The van der Waals surface area contributed by atoms with Crippen molar-refractivity contribution in [2.45, 2.75) is 50.2 Å². The number of benzene rings is 2. The number of hydrogen-bond donors (Lipinski definition) is 1. The zero-order chi connectivity index (χ0) is 21.0. The third-order valence-electron chi connectivity index (χ3n) is 4.66. The van der Waals surface area contributed by atoms with Gasteiger partial charge in [-0.1, -0.05) is 35.9 Å². The van der Waals surface area contributed by atoms with Crippen molar-refractivity contribution in [3.8, 4) is 0 Å². The molecular weight excluding hydrogens is 408 g/mol. The van der Waals surface area contributed by atoms with Gasteiger partial charge < -0.3 is 4.90 Å². The predicted octanol–water partition coefficient (Wildman–Crippen LogP) is 4.23. The van der Waals surface area contributed by atoms with E-state index in [2.05, 4.69) is 4.72 Å². The lowest BCUT2D eigenvalue weighted by Gasteiger charge is -2.25. The molecule has 2 aromatic rings. The van der Waals surface area contributed by atoms with Crippen molar-refractivity contribution >= 4 is 33.6 Å². The molecule has 7 heteroatoms. The van der Waals surface area contributed by atoms with Crippen molar-refractivity contribution in [3.05, 3.63) is 70.8 Å². The highest BCUT2D eigenvalue weighted by molar-refractivity contribution is 7.89. The molecule has 1 aliphatic rings. The minimum atomic E-state index is -3.47. The fourth-order valence-corrected chi connectivity index (χ4v) is 4.37. The Hall–Kier alpha value is -2.15. The van der Waals surface area contributed by atoms with E-state index in [1.165, 1.54) is 6.08 Å². The van der Waals surface area contributed by atoms with Crippen LogP contribution in [0, 0.1) is 0 Å². The first-order valence-electron chi connectivity index (χ1n) is 9.60. The molecule has 0 unspecified atom stereocenters. The Morgan fingerprint density at radius 1 is 1.21 bits per heavy atom. The second-order valence-electron chi connectivity index (χ2n) is 7.49. The number of nitrogens with zero attached hydrogens (tertiary/aromatic N) is 1. The molecule has 3 rings (SSSR count). The molecule has 0 atom stereocenters. The first-order valence-corrected chi connectivity index (χ1v) is 11.5. The summed E-state index contributed by atoms with van der Waals surface area (Å²) < 4.78 is 27.1. The van der Waals surface area contributed by atoms with Gasteiger partial charge in [0, 0.05) is 29.7 Å². The second-order valence-corrected chi connectivity index (χ2v) is 9.64. The van der Waals surface area contributed by atoms with Crippen molar-refractivity contribution in [3.63, 3.8) is 0 Å². The first kappa shape index (κ1) is 21.6. The molecule has 0 radical (unpaired) electrons.